The van der Waals surface area contributed by atoms with Gasteiger partial charge in [0.2, 0.25) is 0 Å². The van der Waals surface area contributed by atoms with Crippen LogP contribution in [0.4, 0.5) is 0 Å². The number of ether oxygens (including phenoxy) is 1. The molecule has 2 amide bonds. The average molecular weight is 436 g/mol. The van der Waals surface area contributed by atoms with E-state index in [9.17, 15) is 9.59 Å². The number of aryl methyl sites for hydroxylation is 1. The summed E-state index contributed by atoms with van der Waals surface area (Å²) in [6.07, 6.45) is 3.12. The van der Waals surface area contributed by atoms with E-state index in [0.29, 0.717) is 5.76 Å². The zero-order valence-corrected chi connectivity index (χ0v) is 18.2. The molecule has 0 atom stereocenters. The van der Waals surface area contributed by atoms with E-state index in [0.717, 1.165) is 28.4 Å². The molecule has 158 valence electrons. The summed E-state index contributed by atoms with van der Waals surface area (Å²) >= 11 is 5.20. The van der Waals surface area contributed by atoms with Crippen molar-refractivity contribution in [3.8, 4) is 11.4 Å². The van der Waals surface area contributed by atoms with Gasteiger partial charge < -0.3 is 13.7 Å². The summed E-state index contributed by atoms with van der Waals surface area (Å²) in [5.74, 6) is 0.311. The third kappa shape index (κ3) is 3.77. The first-order chi connectivity index (χ1) is 14.9. The molecule has 8 heteroatoms. The molecule has 3 heterocycles. The van der Waals surface area contributed by atoms with Crippen molar-refractivity contribution < 1.29 is 18.7 Å². The second kappa shape index (κ2) is 8.23. The van der Waals surface area contributed by atoms with Gasteiger partial charge in [0.05, 0.1) is 25.6 Å². The molecule has 1 fully saturated rings. The van der Waals surface area contributed by atoms with E-state index in [-0.39, 0.29) is 17.2 Å². The Labute approximate surface area is 184 Å². The maximum Gasteiger partial charge on any atom is 0.266 e. The first kappa shape index (κ1) is 20.6. The lowest BCUT2D eigenvalue weighted by Crippen LogP contribution is -2.53. The standard InChI is InChI=1S/C23H21N3O4S/c1-14-11-16(15(2)26(14)19-8-4-5-9-20(19)29-3)12-18-21(27)24-23(31)25(22(18)28)13-17-7-6-10-30-17/h4-12H,13H2,1-3H3,(H,24,27,31)/b18-12-. The Morgan fingerprint density at radius 1 is 1.16 bits per heavy atom. The lowest BCUT2D eigenvalue weighted by molar-refractivity contribution is -0.129. The summed E-state index contributed by atoms with van der Waals surface area (Å²) < 4.78 is 12.8. The molecule has 1 aliphatic rings. The molecular formula is C23H21N3O4S. The molecule has 1 aromatic carbocycles. The van der Waals surface area contributed by atoms with E-state index in [4.69, 9.17) is 21.4 Å². The van der Waals surface area contributed by atoms with Crippen molar-refractivity contribution in [1.29, 1.82) is 0 Å². The number of furan rings is 1. The van der Waals surface area contributed by atoms with Crippen molar-refractivity contribution in [3.63, 3.8) is 0 Å². The predicted octanol–water partition coefficient (Wildman–Crippen LogP) is 3.52. The number of carbonyl (C=O) groups is 2. The molecule has 0 spiro atoms. The van der Waals surface area contributed by atoms with E-state index in [1.54, 1.807) is 25.3 Å². The molecule has 0 aliphatic carbocycles. The van der Waals surface area contributed by atoms with Crippen LogP contribution in [0.5, 0.6) is 5.75 Å². The molecule has 3 aromatic rings. The van der Waals surface area contributed by atoms with Gasteiger partial charge in [-0.25, -0.2) is 0 Å². The number of nitrogens with zero attached hydrogens (tertiary/aromatic N) is 2. The first-order valence-electron chi connectivity index (χ1n) is 9.64. The number of hydrogen-bond acceptors (Lipinski definition) is 5. The maximum absolute atomic E-state index is 13.1. The molecular weight excluding hydrogens is 414 g/mol. The summed E-state index contributed by atoms with van der Waals surface area (Å²) in [6.45, 7) is 4.04. The minimum atomic E-state index is -0.521. The molecule has 1 saturated heterocycles. The van der Waals surface area contributed by atoms with Crippen LogP contribution in [0.25, 0.3) is 11.8 Å². The van der Waals surface area contributed by atoms with Crippen molar-refractivity contribution in [2.24, 2.45) is 0 Å². The van der Waals surface area contributed by atoms with Gasteiger partial charge in [0.15, 0.2) is 5.11 Å². The summed E-state index contributed by atoms with van der Waals surface area (Å²) in [4.78, 5) is 27.0. The van der Waals surface area contributed by atoms with Gasteiger partial charge in [-0.2, -0.15) is 0 Å². The quantitative estimate of drug-likeness (QED) is 0.377. The normalized spacial score (nSPS) is 15.5. The van der Waals surface area contributed by atoms with Crippen LogP contribution in [0, 0.1) is 13.8 Å². The largest absolute Gasteiger partial charge is 0.495 e. The second-order valence-corrected chi connectivity index (χ2v) is 7.51. The molecule has 2 aromatic heterocycles. The molecule has 0 radical (unpaired) electrons. The van der Waals surface area contributed by atoms with Crippen LogP contribution >= 0.6 is 12.2 Å². The third-order valence-electron chi connectivity index (χ3n) is 5.18. The van der Waals surface area contributed by atoms with Gasteiger partial charge in [-0.1, -0.05) is 12.1 Å². The summed E-state index contributed by atoms with van der Waals surface area (Å²) in [6, 6.07) is 13.1. The highest BCUT2D eigenvalue weighted by atomic mass is 32.1. The SMILES string of the molecule is COc1ccccc1-n1c(C)cc(/C=C2/C(=O)NC(=S)N(Cc3ccco3)C2=O)c1C. The van der Waals surface area contributed by atoms with Gasteiger partial charge in [0.25, 0.3) is 11.8 Å². The summed E-state index contributed by atoms with van der Waals surface area (Å²) in [5, 5.41) is 2.65. The highest BCUT2D eigenvalue weighted by Gasteiger charge is 2.34. The van der Waals surface area contributed by atoms with Crippen molar-refractivity contribution in [1.82, 2.24) is 14.8 Å². The molecule has 1 N–H and O–H groups in total. The number of rotatable bonds is 5. The molecule has 0 bridgehead atoms. The van der Waals surface area contributed by atoms with E-state index in [1.807, 2.05) is 48.7 Å². The van der Waals surface area contributed by atoms with Gasteiger partial charge >= 0.3 is 0 Å². The fourth-order valence-corrected chi connectivity index (χ4v) is 3.91. The summed E-state index contributed by atoms with van der Waals surface area (Å²) in [7, 11) is 1.62. The van der Waals surface area contributed by atoms with Gasteiger partial charge in [-0.05, 0) is 68.0 Å². The first-order valence-corrected chi connectivity index (χ1v) is 10.0. The van der Waals surface area contributed by atoms with Gasteiger partial charge in [-0.15, -0.1) is 0 Å². The zero-order valence-electron chi connectivity index (χ0n) is 17.3. The molecule has 31 heavy (non-hydrogen) atoms. The number of amides is 2. The average Bonchev–Trinajstić information content (AvgIpc) is 3.36. The minimum Gasteiger partial charge on any atom is -0.495 e. The fourth-order valence-electron chi connectivity index (χ4n) is 3.67. The van der Waals surface area contributed by atoms with Crippen molar-refractivity contribution in [2.45, 2.75) is 20.4 Å². The minimum absolute atomic E-state index is 0.0143. The maximum atomic E-state index is 13.1. The van der Waals surface area contributed by atoms with E-state index >= 15 is 0 Å². The van der Waals surface area contributed by atoms with E-state index in [1.165, 1.54) is 11.2 Å². The number of thiocarbonyl (C=S) groups is 1. The highest BCUT2D eigenvalue weighted by Crippen LogP contribution is 2.29. The van der Waals surface area contributed by atoms with Crippen LogP contribution in [0.15, 0.2) is 58.7 Å². The van der Waals surface area contributed by atoms with Gasteiger partial charge in [0, 0.05) is 11.4 Å². The molecule has 0 unspecified atom stereocenters. The van der Waals surface area contributed by atoms with E-state index in [2.05, 4.69) is 5.32 Å². The van der Waals surface area contributed by atoms with Gasteiger partial charge in [-0.3, -0.25) is 19.8 Å². The number of benzene rings is 1. The Balaban J connectivity index is 1.73. The predicted molar refractivity (Wildman–Crippen MR) is 120 cm³/mol. The number of aromatic nitrogens is 1. The smallest absolute Gasteiger partial charge is 0.266 e. The van der Waals surface area contributed by atoms with Crippen LogP contribution < -0.4 is 10.1 Å². The Hall–Kier alpha value is -3.65. The van der Waals surface area contributed by atoms with E-state index < -0.39 is 11.8 Å². The van der Waals surface area contributed by atoms with Gasteiger partial charge in [0.1, 0.15) is 17.1 Å². The van der Waals surface area contributed by atoms with Crippen LogP contribution in [0.3, 0.4) is 0 Å². The lowest BCUT2D eigenvalue weighted by Gasteiger charge is -2.28. The number of nitrogens with one attached hydrogen (secondary N) is 1. The topological polar surface area (TPSA) is 76.7 Å². The molecule has 1 aliphatic heterocycles. The zero-order chi connectivity index (χ0) is 22.1. The second-order valence-electron chi connectivity index (χ2n) is 7.12. The Kier molecular flexibility index (Phi) is 5.48. The Morgan fingerprint density at radius 2 is 1.94 bits per heavy atom. The van der Waals surface area contributed by atoms with Crippen molar-refractivity contribution in [2.75, 3.05) is 7.11 Å². The number of carbonyl (C=O) groups excluding carboxylic acids is 2. The number of methoxy groups -OCH3 is 1. The molecule has 7 nitrogen and oxygen atoms in total. The fraction of sp³-hybridized carbons (Fsp3) is 0.174. The lowest BCUT2D eigenvalue weighted by atomic mass is 10.1. The van der Waals surface area contributed by atoms with Crippen LogP contribution in [0.2, 0.25) is 0 Å². The molecule has 0 saturated carbocycles. The molecule has 4 rings (SSSR count). The third-order valence-corrected chi connectivity index (χ3v) is 5.50. The van der Waals surface area contributed by atoms with Crippen molar-refractivity contribution in [3.05, 3.63) is 77.0 Å². The van der Waals surface area contributed by atoms with Crippen LogP contribution in [0.1, 0.15) is 22.7 Å². The number of para-hydroxylation sites is 2. The Bertz CT molecular complexity index is 1210. The Morgan fingerprint density at radius 3 is 2.65 bits per heavy atom. The summed E-state index contributed by atoms with van der Waals surface area (Å²) in [5.41, 5.74) is 3.47. The van der Waals surface area contributed by atoms with Crippen molar-refractivity contribution >= 4 is 35.2 Å². The highest BCUT2D eigenvalue weighted by molar-refractivity contribution is 7.80. The van der Waals surface area contributed by atoms with Crippen LogP contribution in [-0.2, 0) is 16.1 Å². The monoisotopic (exact) mass is 435 g/mol. The van der Waals surface area contributed by atoms with Crippen LogP contribution in [-0.4, -0.2) is 33.5 Å². The number of hydrogen-bond donors (Lipinski definition) is 1.